The Kier molecular flexibility index (Phi) is 7.15. The van der Waals surface area contributed by atoms with Gasteiger partial charge < -0.3 is 10.2 Å². The van der Waals surface area contributed by atoms with Gasteiger partial charge in [0.25, 0.3) is 5.91 Å². The summed E-state index contributed by atoms with van der Waals surface area (Å²) in [7, 11) is 1.91. The average Bonchev–Trinajstić information content (AvgIpc) is 2.72. The predicted molar refractivity (Wildman–Crippen MR) is 116 cm³/mol. The van der Waals surface area contributed by atoms with Crippen LogP contribution in [0.1, 0.15) is 48.0 Å². The predicted octanol–water partition coefficient (Wildman–Crippen LogP) is 5.13. The SMILES string of the molecule is Cc1cccc(NC(=O)c2ccccc2SCC(=O)N(C)C2CCCCC2)c1. The van der Waals surface area contributed by atoms with Gasteiger partial charge in [-0.1, -0.05) is 43.5 Å². The molecule has 0 aromatic heterocycles. The molecule has 0 heterocycles. The lowest BCUT2D eigenvalue weighted by Crippen LogP contribution is -2.39. The van der Waals surface area contributed by atoms with E-state index in [1.54, 1.807) is 0 Å². The average molecular weight is 397 g/mol. The Morgan fingerprint density at radius 1 is 1.07 bits per heavy atom. The van der Waals surface area contributed by atoms with Gasteiger partial charge in [0.1, 0.15) is 0 Å². The van der Waals surface area contributed by atoms with Gasteiger partial charge in [0.15, 0.2) is 0 Å². The van der Waals surface area contributed by atoms with Gasteiger partial charge in [0.2, 0.25) is 5.91 Å². The standard InChI is InChI=1S/C23H28N2O2S/c1-17-9-8-10-18(15-17)24-23(27)20-13-6-7-14-21(20)28-16-22(26)25(2)19-11-4-3-5-12-19/h6-10,13-15,19H,3-5,11-12,16H2,1-2H3,(H,24,27). The number of carbonyl (C=O) groups is 2. The van der Waals surface area contributed by atoms with Crippen LogP contribution in [-0.2, 0) is 4.79 Å². The van der Waals surface area contributed by atoms with E-state index in [1.165, 1.54) is 31.0 Å². The van der Waals surface area contributed by atoms with Crippen molar-refractivity contribution in [3.8, 4) is 0 Å². The number of hydrogen-bond acceptors (Lipinski definition) is 3. The first-order valence-electron chi connectivity index (χ1n) is 9.90. The van der Waals surface area contributed by atoms with Crippen LogP contribution < -0.4 is 5.32 Å². The number of thioether (sulfide) groups is 1. The molecule has 1 aliphatic rings. The molecule has 2 aromatic rings. The van der Waals surface area contributed by atoms with Crippen molar-refractivity contribution in [2.45, 2.75) is 50.0 Å². The zero-order valence-electron chi connectivity index (χ0n) is 16.6. The third-order valence-electron chi connectivity index (χ3n) is 5.27. The Morgan fingerprint density at radius 2 is 1.82 bits per heavy atom. The van der Waals surface area contributed by atoms with Gasteiger partial charge in [-0.3, -0.25) is 9.59 Å². The first-order valence-corrected chi connectivity index (χ1v) is 10.9. The van der Waals surface area contributed by atoms with Crippen LogP contribution in [0, 0.1) is 6.92 Å². The van der Waals surface area contributed by atoms with Gasteiger partial charge in [-0.25, -0.2) is 0 Å². The number of nitrogens with one attached hydrogen (secondary N) is 1. The zero-order valence-corrected chi connectivity index (χ0v) is 17.4. The van der Waals surface area contributed by atoms with E-state index in [9.17, 15) is 9.59 Å². The number of carbonyl (C=O) groups excluding carboxylic acids is 2. The minimum atomic E-state index is -0.151. The van der Waals surface area contributed by atoms with Crippen molar-refractivity contribution in [3.05, 3.63) is 59.7 Å². The highest BCUT2D eigenvalue weighted by molar-refractivity contribution is 8.00. The fourth-order valence-corrected chi connectivity index (χ4v) is 4.59. The number of nitrogens with zero attached hydrogens (tertiary/aromatic N) is 1. The van der Waals surface area contributed by atoms with Gasteiger partial charge in [0.05, 0.1) is 11.3 Å². The molecule has 1 saturated carbocycles. The van der Waals surface area contributed by atoms with Crippen molar-refractivity contribution in [1.82, 2.24) is 4.90 Å². The van der Waals surface area contributed by atoms with E-state index in [2.05, 4.69) is 5.32 Å². The van der Waals surface area contributed by atoms with Crippen LogP contribution in [-0.4, -0.2) is 35.6 Å². The van der Waals surface area contributed by atoms with Crippen molar-refractivity contribution in [2.75, 3.05) is 18.1 Å². The van der Waals surface area contributed by atoms with Crippen LogP contribution in [0.15, 0.2) is 53.4 Å². The summed E-state index contributed by atoms with van der Waals surface area (Å²) in [6.07, 6.45) is 5.89. The van der Waals surface area contributed by atoms with Gasteiger partial charge in [-0.05, 0) is 49.6 Å². The lowest BCUT2D eigenvalue weighted by molar-refractivity contribution is -0.129. The molecule has 2 aromatic carbocycles. The van der Waals surface area contributed by atoms with Gasteiger partial charge >= 0.3 is 0 Å². The minimum Gasteiger partial charge on any atom is -0.342 e. The number of hydrogen-bond donors (Lipinski definition) is 1. The van der Waals surface area contributed by atoms with E-state index in [0.717, 1.165) is 29.0 Å². The molecule has 1 aliphatic carbocycles. The molecule has 0 saturated heterocycles. The van der Waals surface area contributed by atoms with Gasteiger partial charge in [-0.2, -0.15) is 0 Å². The number of amides is 2. The van der Waals surface area contributed by atoms with E-state index >= 15 is 0 Å². The third-order valence-corrected chi connectivity index (χ3v) is 6.33. The van der Waals surface area contributed by atoms with Crippen LogP contribution in [0.3, 0.4) is 0 Å². The fourth-order valence-electron chi connectivity index (χ4n) is 3.61. The van der Waals surface area contributed by atoms with Crippen molar-refractivity contribution in [1.29, 1.82) is 0 Å². The molecule has 0 unspecified atom stereocenters. The monoisotopic (exact) mass is 396 g/mol. The topological polar surface area (TPSA) is 49.4 Å². The van der Waals surface area contributed by atoms with Crippen LogP contribution >= 0.6 is 11.8 Å². The quantitative estimate of drug-likeness (QED) is 0.689. The summed E-state index contributed by atoms with van der Waals surface area (Å²) in [5.41, 5.74) is 2.47. The Labute approximate surface area is 171 Å². The van der Waals surface area contributed by atoms with Crippen molar-refractivity contribution >= 4 is 29.3 Å². The second-order valence-electron chi connectivity index (χ2n) is 7.40. The molecule has 0 bridgehead atoms. The van der Waals surface area contributed by atoms with Crippen molar-refractivity contribution in [2.24, 2.45) is 0 Å². The maximum Gasteiger partial charge on any atom is 0.256 e. The Balaban J connectivity index is 1.63. The number of anilines is 1. The Morgan fingerprint density at radius 3 is 2.57 bits per heavy atom. The van der Waals surface area contributed by atoms with E-state index in [4.69, 9.17) is 0 Å². The van der Waals surface area contributed by atoms with Gasteiger partial charge in [0, 0.05) is 23.7 Å². The van der Waals surface area contributed by atoms with Crippen molar-refractivity contribution < 1.29 is 9.59 Å². The number of aryl methyl sites for hydroxylation is 1. The largest absolute Gasteiger partial charge is 0.342 e. The minimum absolute atomic E-state index is 0.130. The lowest BCUT2D eigenvalue weighted by atomic mass is 9.94. The van der Waals surface area contributed by atoms with Crippen LogP contribution in [0.25, 0.3) is 0 Å². The maximum absolute atomic E-state index is 12.8. The molecule has 5 heteroatoms. The highest BCUT2D eigenvalue weighted by Crippen LogP contribution is 2.26. The molecule has 0 aliphatic heterocycles. The highest BCUT2D eigenvalue weighted by Gasteiger charge is 2.22. The summed E-state index contributed by atoms with van der Waals surface area (Å²) in [5, 5.41) is 2.95. The molecule has 28 heavy (non-hydrogen) atoms. The summed E-state index contributed by atoms with van der Waals surface area (Å²) in [5.74, 6) is 0.328. The normalized spacial score (nSPS) is 14.5. The second-order valence-corrected chi connectivity index (χ2v) is 8.42. The van der Waals surface area contributed by atoms with Crippen LogP contribution in [0.5, 0.6) is 0 Å². The van der Waals surface area contributed by atoms with E-state index in [-0.39, 0.29) is 11.8 Å². The molecule has 0 spiro atoms. The van der Waals surface area contributed by atoms with E-state index in [0.29, 0.717) is 17.4 Å². The zero-order chi connectivity index (χ0) is 19.9. The molecule has 3 rings (SSSR count). The summed E-state index contributed by atoms with van der Waals surface area (Å²) in [4.78, 5) is 28.1. The molecule has 1 N–H and O–H groups in total. The Hall–Kier alpha value is -2.27. The number of benzene rings is 2. The highest BCUT2D eigenvalue weighted by atomic mass is 32.2. The molecular formula is C23H28N2O2S. The molecule has 1 fully saturated rings. The molecule has 4 nitrogen and oxygen atoms in total. The first-order chi connectivity index (χ1) is 13.5. The van der Waals surface area contributed by atoms with E-state index in [1.807, 2.05) is 67.4 Å². The van der Waals surface area contributed by atoms with E-state index < -0.39 is 0 Å². The first kappa shape index (κ1) is 20.5. The molecule has 148 valence electrons. The maximum atomic E-state index is 12.8. The van der Waals surface area contributed by atoms with Crippen LogP contribution in [0.2, 0.25) is 0 Å². The molecular weight excluding hydrogens is 368 g/mol. The lowest BCUT2D eigenvalue weighted by Gasteiger charge is -2.31. The number of rotatable bonds is 6. The Bertz CT molecular complexity index is 831. The summed E-state index contributed by atoms with van der Waals surface area (Å²) in [6.45, 7) is 1.99. The summed E-state index contributed by atoms with van der Waals surface area (Å²) in [6, 6.07) is 15.6. The summed E-state index contributed by atoms with van der Waals surface area (Å²) < 4.78 is 0. The summed E-state index contributed by atoms with van der Waals surface area (Å²) >= 11 is 1.44. The molecule has 2 amide bonds. The smallest absolute Gasteiger partial charge is 0.256 e. The second kappa shape index (κ2) is 9.78. The molecule has 0 atom stereocenters. The third kappa shape index (κ3) is 5.38. The van der Waals surface area contributed by atoms with Crippen LogP contribution in [0.4, 0.5) is 5.69 Å². The van der Waals surface area contributed by atoms with Crippen molar-refractivity contribution in [3.63, 3.8) is 0 Å². The van der Waals surface area contributed by atoms with Gasteiger partial charge in [-0.15, -0.1) is 11.8 Å². The molecule has 0 radical (unpaired) electrons. The fraction of sp³-hybridized carbons (Fsp3) is 0.391.